The minimum absolute atomic E-state index is 0.0652. The highest BCUT2D eigenvalue weighted by atomic mass is 16.1. The molecule has 1 aromatic carbocycles. The molecule has 3 heteroatoms. The van der Waals surface area contributed by atoms with Gasteiger partial charge in [-0.15, -0.1) is 0 Å². The van der Waals surface area contributed by atoms with Gasteiger partial charge in [0.1, 0.15) is 6.29 Å². The summed E-state index contributed by atoms with van der Waals surface area (Å²) < 4.78 is 0. The van der Waals surface area contributed by atoms with Crippen LogP contribution in [-0.4, -0.2) is 19.4 Å². The standard InChI is InChI=1S/C16H25NO.C3H7N/c1-5-7-15(11-18)17-14-8-9-16(12(3)4)13(6-2)10-14;1-3-4-2/h8-12,15,17H,5-7H2,1-4H3;3-4H,1H2,2H3. The number of hydrogen-bond donors (Lipinski definition) is 2. The van der Waals surface area contributed by atoms with E-state index < -0.39 is 0 Å². The molecule has 0 radical (unpaired) electrons. The Kier molecular flexibility index (Phi) is 10.9. The van der Waals surface area contributed by atoms with E-state index in [-0.39, 0.29) is 6.04 Å². The molecular formula is C19H32N2O. The van der Waals surface area contributed by atoms with E-state index in [4.69, 9.17) is 0 Å². The fourth-order valence-electron chi connectivity index (χ4n) is 2.26. The van der Waals surface area contributed by atoms with Crippen molar-refractivity contribution in [2.24, 2.45) is 0 Å². The summed E-state index contributed by atoms with van der Waals surface area (Å²) in [5, 5.41) is 6.00. The van der Waals surface area contributed by atoms with Crippen LogP contribution < -0.4 is 10.6 Å². The lowest BCUT2D eigenvalue weighted by Gasteiger charge is -2.17. The van der Waals surface area contributed by atoms with Gasteiger partial charge in [-0.1, -0.05) is 46.8 Å². The van der Waals surface area contributed by atoms with Crippen molar-refractivity contribution in [3.8, 4) is 0 Å². The Labute approximate surface area is 136 Å². The van der Waals surface area contributed by atoms with Crippen LogP contribution in [0.1, 0.15) is 57.6 Å². The van der Waals surface area contributed by atoms with Crippen molar-refractivity contribution in [1.82, 2.24) is 5.32 Å². The van der Waals surface area contributed by atoms with Crippen LogP contribution in [0.25, 0.3) is 0 Å². The van der Waals surface area contributed by atoms with Crippen molar-refractivity contribution in [3.63, 3.8) is 0 Å². The van der Waals surface area contributed by atoms with Gasteiger partial charge >= 0.3 is 0 Å². The van der Waals surface area contributed by atoms with E-state index in [2.05, 4.69) is 63.1 Å². The normalized spacial score (nSPS) is 11.2. The minimum Gasteiger partial charge on any atom is -0.394 e. The highest BCUT2D eigenvalue weighted by Crippen LogP contribution is 2.24. The summed E-state index contributed by atoms with van der Waals surface area (Å²) in [4.78, 5) is 11.0. The number of nitrogens with one attached hydrogen (secondary N) is 2. The van der Waals surface area contributed by atoms with E-state index in [1.807, 2.05) is 7.05 Å². The summed E-state index contributed by atoms with van der Waals surface area (Å²) in [6, 6.07) is 6.38. The van der Waals surface area contributed by atoms with Crippen molar-refractivity contribution in [1.29, 1.82) is 0 Å². The molecule has 1 aromatic rings. The first kappa shape index (κ1) is 20.2. The molecule has 1 rings (SSSR count). The third-order valence-corrected chi connectivity index (χ3v) is 3.47. The van der Waals surface area contributed by atoms with Gasteiger partial charge in [-0.25, -0.2) is 0 Å². The molecule has 1 unspecified atom stereocenters. The largest absolute Gasteiger partial charge is 0.394 e. The average molecular weight is 304 g/mol. The molecule has 1 atom stereocenters. The first-order valence-electron chi connectivity index (χ1n) is 8.16. The fraction of sp³-hybridized carbons (Fsp3) is 0.526. The fourth-order valence-corrected chi connectivity index (χ4v) is 2.26. The molecule has 0 saturated heterocycles. The summed E-state index contributed by atoms with van der Waals surface area (Å²) in [5.74, 6) is 0.548. The third kappa shape index (κ3) is 7.30. The Morgan fingerprint density at radius 2 is 1.91 bits per heavy atom. The molecule has 0 spiro atoms. The van der Waals surface area contributed by atoms with Gasteiger partial charge in [0.2, 0.25) is 0 Å². The lowest BCUT2D eigenvalue weighted by molar-refractivity contribution is -0.108. The summed E-state index contributed by atoms with van der Waals surface area (Å²) in [6.07, 6.45) is 5.56. The average Bonchev–Trinajstić information content (AvgIpc) is 2.54. The first-order chi connectivity index (χ1) is 10.5. The number of aryl methyl sites for hydroxylation is 1. The number of carbonyl (C=O) groups is 1. The highest BCUT2D eigenvalue weighted by Gasteiger charge is 2.09. The second kappa shape index (κ2) is 11.8. The van der Waals surface area contributed by atoms with Crippen molar-refractivity contribution in [3.05, 3.63) is 42.1 Å². The Bertz CT molecular complexity index is 441. The second-order valence-electron chi connectivity index (χ2n) is 5.59. The maximum atomic E-state index is 11.0. The van der Waals surface area contributed by atoms with Crippen LogP contribution in [-0.2, 0) is 11.2 Å². The molecule has 22 heavy (non-hydrogen) atoms. The van der Waals surface area contributed by atoms with Crippen molar-refractivity contribution in [2.45, 2.75) is 58.9 Å². The molecule has 0 heterocycles. The lowest BCUT2D eigenvalue weighted by Crippen LogP contribution is -2.20. The van der Waals surface area contributed by atoms with E-state index in [1.54, 1.807) is 6.20 Å². The molecule has 0 aliphatic heterocycles. The van der Waals surface area contributed by atoms with E-state index in [9.17, 15) is 4.79 Å². The van der Waals surface area contributed by atoms with Gasteiger partial charge in [-0.3, -0.25) is 0 Å². The second-order valence-corrected chi connectivity index (χ2v) is 5.59. The molecule has 2 N–H and O–H groups in total. The monoisotopic (exact) mass is 304 g/mol. The lowest BCUT2D eigenvalue weighted by atomic mass is 9.95. The van der Waals surface area contributed by atoms with E-state index >= 15 is 0 Å². The van der Waals surface area contributed by atoms with Gasteiger partial charge in [0.05, 0.1) is 6.04 Å². The molecule has 3 nitrogen and oxygen atoms in total. The number of hydrogen-bond acceptors (Lipinski definition) is 3. The number of aldehydes is 1. The molecule has 0 aromatic heterocycles. The molecule has 0 aliphatic rings. The van der Waals surface area contributed by atoms with Crippen LogP contribution in [0.15, 0.2) is 31.0 Å². The first-order valence-corrected chi connectivity index (χ1v) is 8.16. The van der Waals surface area contributed by atoms with Gasteiger partial charge < -0.3 is 15.4 Å². The smallest absolute Gasteiger partial charge is 0.142 e. The maximum Gasteiger partial charge on any atom is 0.142 e. The molecule has 0 fully saturated rings. The predicted molar refractivity (Wildman–Crippen MR) is 97.5 cm³/mol. The zero-order valence-corrected chi connectivity index (χ0v) is 14.8. The highest BCUT2D eigenvalue weighted by molar-refractivity contribution is 5.65. The summed E-state index contributed by atoms with van der Waals surface area (Å²) in [6.45, 7) is 12.1. The molecule has 0 saturated carbocycles. The molecule has 0 aliphatic carbocycles. The van der Waals surface area contributed by atoms with Crippen molar-refractivity contribution < 1.29 is 4.79 Å². The molecule has 0 bridgehead atoms. The van der Waals surface area contributed by atoms with Crippen LogP contribution in [0, 0.1) is 0 Å². The number of carbonyl (C=O) groups excluding carboxylic acids is 1. The zero-order valence-electron chi connectivity index (χ0n) is 14.8. The third-order valence-electron chi connectivity index (χ3n) is 3.47. The van der Waals surface area contributed by atoms with Crippen molar-refractivity contribution >= 4 is 12.0 Å². The van der Waals surface area contributed by atoms with Crippen LogP contribution in [0.2, 0.25) is 0 Å². The van der Waals surface area contributed by atoms with Gasteiger partial charge in [0.15, 0.2) is 0 Å². The Morgan fingerprint density at radius 3 is 2.32 bits per heavy atom. The SMILES string of the molecule is C=CNC.CCCC(C=O)Nc1ccc(C(C)C)c(CC)c1. The van der Waals surface area contributed by atoms with Crippen LogP contribution in [0.5, 0.6) is 0 Å². The Balaban J connectivity index is 0.000000980. The summed E-state index contributed by atoms with van der Waals surface area (Å²) in [5.41, 5.74) is 3.83. The van der Waals surface area contributed by atoms with Gasteiger partial charge in [-0.05, 0) is 48.2 Å². The molecular weight excluding hydrogens is 272 g/mol. The van der Waals surface area contributed by atoms with Crippen molar-refractivity contribution in [2.75, 3.05) is 12.4 Å². The van der Waals surface area contributed by atoms with E-state index in [0.29, 0.717) is 5.92 Å². The topological polar surface area (TPSA) is 41.1 Å². The number of anilines is 1. The van der Waals surface area contributed by atoms with Gasteiger partial charge in [0.25, 0.3) is 0 Å². The number of benzene rings is 1. The van der Waals surface area contributed by atoms with Gasteiger partial charge in [-0.2, -0.15) is 0 Å². The van der Waals surface area contributed by atoms with Gasteiger partial charge in [0, 0.05) is 12.7 Å². The minimum atomic E-state index is -0.0652. The van der Waals surface area contributed by atoms with Crippen LogP contribution in [0.4, 0.5) is 5.69 Å². The Morgan fingerprint density at radius 1 is 1.27 bits per heavy atom. The molecule has 0 amide bonds. The van der Waals surface area contributed by atoms with E-state index in [0.717, 1.165) is 31.2 Å². The molecule has 124 valence electrons. The number of rotatable bonds is 8. The zero-order chi connectivity index (χ0) is 17.0. The summed E-state index contributed by atoms with van der Waals surface area (Å²) >= 11 is 0. The van der Waals surface area contributed by atoms with E-state index in [1.165, 1.54) is 11.1 Å². The quantitative estimate of drug-likeness (QED) is 0.695. The predicted octanol–water partition coefficient (Wildman–Crippen LogP) is 4.50. The summed E-state index contributed by atoms with van der Waals surface area (Å²) in [7, 11) is 1.81. The van der Waals surface area contributed by atoms with Crippen LogP contribution >= 0.6 is 0 Å². The van der Waals surface area contributed by atoms with Crippen LogP contribution in [0.3, 0.4) is 0 Å². The Hall–Kier alpha value is -1.77. The maximum absolute atomic E-state index is 11.0.